The van der Waals surface area contributed by atoms with Gasteiger partial charge in [-0.25, -0.2) is 4.39 Å². The fraction of sp³-hybridized carbons (Fsp3) is 0.462. The van der Waals surface area contributed by atoms with Crippen molar-refractivity contribution in [3.63, 3.8) is 0 Å². The van der Waals surface area contributed by atoms with Crippen molar-refractivity contribution < 1.29 is 18.7 Å². The van der Waals surface area contributed by atoms with Gasteiger partial charge in [0.2, 0.25) is 0 Å². The Morgan fingerprint density at radius 1 is 1.37 bits per heavy atom. The molecule has 1 aromatic rings. The highest BCUT2D eigenvalue weighted by Gasteiger charge is 2.27. The lowest BCUT2D eigenvalue weighted by Gasteiger charge is -2.17. The first-order valence-corrected chi connectivity index (χ1v) is 6.03. The summed E-state index contributed by atoms with van der Waals surface area (Å²) in [6.45, 7) is 1.00. The van der Waals surface area contributed by atoms with Crippen LogP contribution in [0.25, 0.3) is 0 Å². The van der Waals surface area contributed by atoms with Crippen LogP contribution in [0.4, 0.5) is 4.39 Å². The predicted octanol–water partition coefficient (Wildman–Crippen LogP) is 1.02. The summed E-state index contributed by atoms with van der Waals surface area (Å²) in [4.78, 5) is 13.8. The summed E-state index contributed by atoms with van der Waals surface area (Å²) < 4.78 is 24.0. The van der Waals surface area contributed by atoms with E-state index in [4.69, 9.17) is 15.2 Å². The molecule has 19 heavy (non-hydrogen) atoms. The van der Waals surface area contributed by atoms with Crippen molar-refractivity contribution in [3.05, 3.63) is 23.5 Å². The SMILES string of the molecule is COc1cc(F)c(C(=O)N2CC[C@@H](N)C2)cc1OC. The molecule has 1 aromatic carbocycles. The van der Waals surface area contributed by atoms with Crippen LogP contribution in [0.5, 0.6) is 11.5 Å². The van der Waals surface area contributed by atoms with Gasteiger partial charge in [-0.1, -0.05) is 0 Å². The lowest BCUT2D eigenvalue weighted by Crippen LogP contribution is -2.32. The van der Waals surface area contributed by atoms with Crippen LogP contribution in [0.15, 0.2) is 12.1 Å². The van der Waals surface area contributed by atoms with Crippen molar-refractivity contribution in [2.45, 2.75) is 12.5 Å². The van der Waals surface area contributed by atoms with E-state index >= 15 is 0 Å². The number of carbonyl (C=O) groups excluding carboxylic acids is 1. The van der Waals surface area contributed by atoms with E-state index in [2.05, 4.69) is 0 Å². The summed E-state index contributed by atoms with van der Waals surface area (Å²) in [5.74, 6) is -0.403. The first kappa shape index (κ1) is 13.6. The van der Waals surface area contributed by atoms with Gasteiger partial charge in [0.05, 0.1) is 19.8 Å². The quantitative estimate of drug-likeness (QED) is 0.888. The molecule has 2 N–H and O–H groups in total. The first-order valence-electron chi connectivity index (χ1n) is 6.03. The minimum atomic E-state index is -0.622. The molecule has 1 amide bonds. The summed E-state index contributed by atoms with van der Waals surface area (Å²) in [5.41, 5.74) is 5.73. The molecule has 1 aliphatic heterocycles. The minimum Gasteiger partial charge on any atom is -0.493 e. The monoisotopic (exact) mass is 268 g/mol. The van der Waals surface area contributed by atoms with Gasteiger partial charge in [-0.15, -0.1) is 0 Å². The van der Waals surface area contributed by atoms with Crippen molar-refractivity contribution in [1.82, 2.24) is 4.90 Å². The third-order valence-electron chi connectivity index (χ3n) is 3.22. The molecular formula is C13H17FN2O3. The normalized spacial score (nSPS) is 18.5. The zero-order valence-corrected chi connectivity index (χ0v) is 11.0. The van der Waals surface area contributed by atoms with Crippen molar-refractivity contribution in [3.8, 4) is 11.5 Å². The Balaban J connectivity index is 2.31. The third-order valence-corrected chi connectivity index (χ3v) is 3.22. The molecule has 1 aliphatic rings. The number of amides is 1. The van der Waals surface area contributed by atoms with E-state index in [0.717, 1.165) is 12.5 Å². The molecule has 1 saturated heterocycles. The summed E-state index contributed by atoms with van der Waals surface area (Å²) in [6, 6.07) is 2.48. The van der Waals surface area contributed by atoms with Gasteiger partial charge < -0.3 is 20.1 Å². The van der Waals surface area contributed by atoms with Crippen LogP contribution in [0.3, 0.4) is 0 Å². The van der Waals surface area contributed by atoms with Crippen LogP contribution in [0, 0.1) is 5.82 Å². The topological polar surface area (TPSA) is 64.8 Å². The molecule has 5 nitrogen and oxygen atoms in total. The smallest absolute Gasteiger partial charge is 0.257 e. The van der Waals surface area contributed by atoms with Gasteiger partial charge in [-0.05, 0) is 12.5 Å². The summed E-state index contributed by atoms with van der Waals surface area (Å²) >= 11 is 0. The molecule has 0 saturated carbocycles. The van der Waals surface area contributed by atoms with Crippen LogP contribution >= 0.6 is 0 Å². The molecule has 2 rings (SSSR count). The average Bonchev–Trinajstić information content (AvgIpc) is 2.84. The van der Waals surface area contributed by atoms with Crippen LogP contribution in [0.2, 0.25) is 0 Å². The Kier molecular flexibility index (Phi) is 3.90. The van der Waals surface area contributed by atoms with E-state index < -0.39 is 5.82 Å². The molecule has 0 unspecified atom stereocenters. The van der Waals surface area contributed by atoms with Crippen LogP contribution in [-0.4, -0.2) is 44.2 Å². The van der Waals surface area contributed by atoms with Gasteiger partial charge in [-0.3, -0.25) is 4.79 Å². The number of hydrogen-bond acceptors (Lipinski definition) is 4. The second kappa shape index (κ2) is 5.44. The van der Waals surface area contributed by atoms with E-state index in [1.165, 1.54) is 20.3 Å². The van der Waals surface area contributed by atoms with E-state index in [-0.39, 0.29) is 23.3 Å². The molecule has 0 aromatic heterocycles. The maximum Gasteiger partial charge on any atom is 0.257 e. The molecule has 0 aliphatic carbocycles. The fourth-order valence-electron chi connectivity index (χ4n) is 2.16. The van der Waals surface area contributed by atoms with Crippen molar-refractivity contribution in [2.75, 3.05) is 27.3 Å². The summed E-state index contributed by atoms with van der Waals surface area (Å²) in [7, 11) is 2.86. The molecule has 6 heteroatoms. The van der Waals surface area contributed by atoms with Crippen LogP contribution < -0.4 is 15.2 Å². The molecular weight excluding hydrogens is 251 g/mol. The summed E-state index contributed by atoms with van der Waals surface area (Å²) in [5, 5.41) is 0. The second-order valence-corrected chi connectivity index (χ2v) is 4.49. The number of likely N-dealkylation sites (tertiary alicyclic amines) is 1. The first-order chi connectivity index (χ1) is 9.06. The lowest BCUT2D eigenvalue weighted by molar-refractivity contribution is 0.0785. The second-order valence-electron chi connectivity index (χ2n) is 4.49. The highest BCUT2D eigenvalue weighted by molar-refractivity contribution is 5.95. The maximum atomic E-state index is 13.9. The summed E-state index contributed by atoms with van der Waals surface area (Å²) in [6.07, 6.45) is 0.737. The molecule has 104 valence electrons. The lowest BCUT2D eigenvalue weighted by atomic mass is 10.1. The predicted molar refractivity (Wildman–Crippen MR) is 68.0 cm³/mol. The largest absolute Gasteiger partial charge is 0.493 e. The van der Waals surface area contributed by atoms with Crippen LogP contribution in [-0.2, 0) is 0 Å². The molecule has 1 atom stereocenters. The minimum absolute atomic E-state index is 0.0215. The molecule has 0 spiro atoms. The van der Waals surface area contributed by atoms with Gasteiger partial charge in [0, 0.05) is 25.2 Å². The molecule has 0 radical (unpaired) electrons. The highest BCUT2D eigenvalue weighted by atomic mass is 19.1. The number of methoxy groups -OCH3 is 2. The van der Waals surface area contributed by atoms with Gasteiger partial charge in [-0.2, -0.15) is 0 Å². The third kappa shape index (κ3) is 2.63. The van der Waals surface area contributed by atoms with Gasteiger partial charge in [0.1, 0.15) is 5.82 Å². The number of carbonyl (C=O) groups is 1. The average molecular weight is 268 g/mol. The Hall–Kier alpha value is -1.82. The molecule has 1 fully saturated rings. The number of rotatable bonds is 3. The number of nitrogens with two attached hydrogens (primary N) is 1. The fourth-order valence-corrected chi connectivity index (χ4v) is 2.16. The van der Waals surface area contributed by atoms with Crippen LogP contribution in [0.1, 0.15) is 16.8 Å². The van der Waals surface area contributed by atoms with E-state index in [1.807, 2.05) is 0 Å². The zero-order chi connectivity index (χ0) is 14.0. The number of ether oxygens (including phenoxy) is 2. The van der Waals surface area contributed by atoms with E-state index in [9.17, 15) is 9.18 Å². The number of hydrogen-bond donors (Lipinski definition) is 1. The highest BCUT2D eigenvalue weighted by Crippen LogP contribution is 2.30. The number of nitrogens with zero attached hydrogens (tertiary/aromatic N) is 1. The van der Waals surface area contributed by atoms with Gasteiger partial charge in [0.25, 0.3) is 5.91 Å². The number of benzene rings is 1. The Morgan fingerprint density at radius 3 is 2.53 bits per heavy atom. The van der Waals surface area contributed by atoms with Gasteiger partial charge in [0.15, 0.2) is 11.5 Å². The van der Waals surface area contributed by atoms with Gasteiger partial charge >= 0.3 is 0 Å². The standard InChI is InChI=1S/C13H17FN2O3/c1-18-11-5-9(10(14)6-12(11)19-2)13(17)16-4-3-8(15)7-16/h5-6,8H,3-4,7,15H2,1-2H3/t8-/m1/s1. The molecule has 0 bridgehead atoms. The Bertz CT molecular complexity index is 493. The number of halogens is 1. The van der Waals surface area contributed by atoms with E-state index in [0.29, 0.717) is 18.8 Å². The maximum absolute atomic E-state index is 13.9. The van der Waals surface area contributed by atoms with Crippen molar-refractivity contribution in [2.24, 2.45) is 5.73 Å². The zero-order valence-electron chi connectivity index (χ0n) is 11.0. The van der Waals surface area contributed by atoms with E-state index in [1.54, 1.807) is 4.90 Å². The Labute approximate surface area is 111 Å². The van der Waals surface area contributed by atoms with Crippen molar-refractivity contribution in [1.29, 1.82) is 0 Å². The molecule has 1 heterocycles. The van der Waals surface area contributed by atoms with Crippen molar-refractivity contribution >= 4 is 5.91 Å². The Morgan fingerprint density at radius 2 is 2.00 bits per heavy atom.